The lowest BCUT2D eigenvalue weighted by atomic mass is 9.84. The Hall–Kier alpha value is -3.14. The van der Waals surface area contributed by atoms with Crippen molar-refractivity contribution in [3.05, 3.63) is 54.1 Å². The van der Waals surface area contributed by atoms with Crippen molar-refractivity contribution in [2.75, 3.05) is 43.5 Å². The van der Waals surface area contributed by atoms with E-state index in [2.05, 4.69) is 10.6 Å². The minimum absolute atomic E-state index is 0.0376. The number of hydrogen-bond donors (Lipinski definition) is 3. The lowest BCUT2D eigenvalue weighted by molar-refractivity contribution is -0.151. The fraction of sp³-hybridized carbons (Fsp3) is 0.440. The first-order valence-corrected chi connectivity index (χ1v) is 11.7. The third-order valence-electron chi connectivity index (χ3n) is 6.55. The number of anilines is 2. The Kier molecular flexibility index (Phi) is 6.66. The molecule has 0 spiro atoms. The normalized spacial score (nSPS) is 25.6. The zero-order valence-electron chi connectivity index (χ0n) is 18.8. The molecule has 2 aromatic carbocycles. The van der Waals surface area contributed by atoms with Crippen LogP contribution in [-0.4, -0.2) is 73.2 Å². The van der Waals surface area contributed by atoms with Crippen molar-refractivity contribution >= 4 is 23.3 Å². The average molecular weight is 468 g/mol. The average Bonchev–Trinajstić information content (AvgIpc) is 3.22. The van der Waals surface area contributed by atoms with Gasteiger partial charge in [0.15, 0.2) is 0 Å². The van der Waals surface area contributed by atoms with E-state index in [0.29, 0.717) is 49.8 Å². The Bertz CT molecular complexity index is 1030. The van der Waals surface area contributed by atoms with Gasteiger partial charge in [-0.1, -0.05) is 18.2 Å². The summed E-state index contributed by atoms with van der Waals surface area (Å²) in [6.45, 7) is 2.09. The number of morpholine rings is 1. The summed E-state index contributed by atoms with van der Waals surface area (Å²) >= 11 is 0. The van der Waals surface area contributed by atoms with Crippen LogP contribution in [0.1, 0.15) is 24.3 Å². The highest BCUT2D eigenvalue weighted by Gasteiger charge is 2.46. The third-order valence-corrected chi connectivity index (χ3v) is 6.55. The summed E-state index contributed by atoms with van der Waals surface area (Å²) < 4.78 is 17.5. The van der Waals surface area contributed by atoms with Crippen LogP contribution >= 0.6 is 0 Å². The molecule has 2 saturated heterocycles. The summed E-state index contributed by atoms with van der Waals surface area (Å²) in [5.74, 6) is 0.712. The molecule has 3 N–H and O–H groups in total. The van der Waals surface area contributed by atoms with E-state index < -0.39 is 6.10 Å². The van der Waals surface area contributed by atoms with Gasteiger partial charge < -0.3 is 34.9 Å². The van der Waals surface area contributed by atoms with Gasteiger partial charge in [-0.2, -0.15) is 0 Å². The van der Waals surface area contributed by atoms with E-state index in [1.54, 1.807) is 11.0 Å². The zero-order valence-corrected chi connectivity index (χ0v) is 18.8. The number of nitrogens with zero attached hydrogens (tertiary/aromatic N) is 1. The fourth-order valence-corrected chi connectivity index (χ4v) is 4.92. The maximum atomic E-state index is 12.8. The lowest BCUT2D eigenvalue weighted by Gasteiger charge is -2.38. The summed E-state index contributed by atoms with van der Waals surface area (Å²) in [7, 11) is 0. The topological polar surface area (TPSA) is 109 Å². The highest BCUT2D eigenvalue weighted by atomic mass is 16.6. The Balaban J connectivity index is 1.28. The summed E-state index contributed by atoms with van der Waals surface area (Å²) in [6, 6.07) is 14.4. The van der Waals surface area contributed by atoms with Gasteiger partial charge in [-0.05, 0) is 36.8 Å². The van der Waals surface area contributed by atoms with Gasteiger partial charge >= 0.3 is 6.03 Å². The number of para-hydroxylation sites is 1. The summed E-state index contributed by atoms with van der Waals surface area (Å²) in [6.07, 6.45) is -0.313. The van der Waals surface area contributed by atoms with E-state index in [0.717, 1.165) is 5.56 Å². The number of nitrogens with one attached hydrogen (secondary N) is 2. The second-order valence-electron chi connectivity index (χ2n) is 8.80. The smallest absolute Gasteiger partial charge is 0.323 e. The molecule has 5 rings (SSSR count). The van der Waals surface area contributed by atoms with Crippen molar-refractivity contribution < 1.29 is 28.9 Å². The number of carbonyl (C=O) groups excluding carboxylic acids is 2. The van der Waals surface area contributed by atoms with Gasteiger partial charge in [0.05, 0.1) is 32.3 Å². The lowest BCUT2D eigenvalue weighted by Crippen LogP contribution is -2.48. The molecule has 0 saturated carbocycles. The second-order valence-corrected chi connectivity index (χ2v) is 8.80. The van der Waals surface area contributed by atoms with E-state index in [4.69, 9.17) is 14.2 Å². The molecule has 34 heavy (non-hydrogen) atoms. The Labute approximate surface area is 198 Å². The van der Waals surface area contributed by atoms with Crippen molar-refractivity contribution in [1.82, 2.24) is 4.90 Å². The van der Waals surface area contributed by atoms with E-state index in [9.17, 15) is 14.7 Å². The van der Waals surface area contributed by atoms with Crippen LogP contribution in [-0.2, 0) is 14.3 Å². The van der Waals surface area contributed by atoms with Crippen LogP contribution in [0.25, 0.3) is 0 Å². The number of rotatable bonds is 5. The number of aliphatic hydroxyl groups excluding tert-OH is 1. The van der Waals surface area contributed by atoms with Gasteiger partial charge in [-0.25, -0.2) is 4.79 Å². The van der Waals surface area contributed by atoms with Crippen LogP contribution < -0.4 is 15.4 Å². The molecule has 2 fully saturated rings. The van der Waals surface area contributed by atoms with Crippen molar-refractivity contribution in [3.8, 4) is 5.75 Å². The molecule has 0 radical (unpaired) electrons. The number of ether oxygens (including phenoxy) is 3. The van der Waals surface area contributed by atoms with Crippen LogP contribution in [0.15, 0.2) is 48.5 Å². The van der Waals surface area contributed by atoms with Gasteiger partial charge in [-0.15, -0.1) is 0 Å². The quantitative estimate of drug-likeness (QED) is 0.624. The SMILES string of the molecule is O=C(Nc1ccccc1)Nc1ccc2c(c1)[C@@H]1C[C@@H](CC(=O)N3CCOCC3)O[C@H](CO)[C@@H]1O2. The molecule has 0 aromatic heterocycles. The molecular weight excluding hydrogens is 438 g/mol. The van der Waals surface area contributed by atoms with Crippen LogP contribution in [0.3, 0.4) is 0 Å². The summed E-state index contributed by atoms with van der Waals surface area (Å²) in [5.41, 5.74) is 2.30. The van der Waals surface area contributed by atoms with Crippen molar-refractivity contribution in [1.29, 1.82) is 0 Å². The molecule has 4 atom stereocenters. The number of fused-ring (bicyclic) bond motifs is 3. The second kappa shape index (κ2) is 10.0. The summed E-state index contributed by atoms with van der Waals surface area (Å²) in [4.78, 5) is 27.0. The highest BCUT2D eigenvalue weighted by molar-refractivity contribution is 5.99. The van der Waals surface area contributed by atoms with Gasteiger partial charge in [0, 0.05) is 35.9 Å². The number of amides is 3. The fourth-order valence-electron chi connectivity index (χ4n) is 4.92. The first kappa shape index (κ1) is 22.6. The monoisotopic (exact) mass is 467 g/mol. The molecular formula is C25H29N3O6. The highest BCUT2D eigenvalue weighted by Crippen LogP contribution is 2.47. The first-order chi connectivity index (χ1) is 16.6. The minimum atomic E-state index is -0.522. The number of benzene rings is 2. The van der Waals surface area contributed by atoms with Crippen molar-refractivity contribution in [3.63, 3.8) is 0 Å². The largest absolute Gasteiger partial charge is 0.487 e. The molecule has 180 valence electrons. The maximum Gasteiger partial charge on any atom is 0.323 e. The van der Waals surface area contributed by atoms with Crippen LogP contribution in [0.5, 0.6) is 5.75 Å². The van der Waals surface area contributed by atoms with Crippen LogP contribution in [0, 0.1) is 0 Å². The summed E-state index contributed by atoms with van der Waals surface area (Å²) in [5, 5.41) is 15.6. The van der Waals surface area contributed by atoms with Crippen molar-refractivity contribution in [2.45, 2.75) is 37.1 Å². The molecule has 9 nitrogen and oxygen atoms in total. The molecule has 3 amide bonds. The molecule has 0 unspecified atom stereocenters. The van der Waals surface area contributed by atoms with Crippen LogP contribution in [0.2, 0.25) is 0 Å². The standard InChI is InChI=1S/C25H29N3O6/c29-15-22-24-20(13-18(33-22)14-23(30)28-8-10-32-11-9-28)19-12-17(6-7-21(19)34-24)27-25(31)26-16-4-2-1-3-5-16/h1-7,12,18,20,22,24,29H,8-11,13-15H2,(H2,26,27,31)/t18-,20-,22+,24+/m0/s1. The van der Waals surface area contributed by atoms with E-state index in [1.165, 1.54) is 0 Å². The van der Waals surface area contributed by atoms with Gasteiger partial charge in [0.2, 0.25) is 5.91 Å². The number of aliphatic hydroxyl groups is 1. The molecule has 2 aromatic rings. The minimum Gasteiger partial charge on any atom is -0.487 e. The third kappa shape index (κ3) is 4.86. The van der Waals surface area contributed by atoms with Crippen LogP contribution in [0.4, 0.5) is 16.2 Å². The molecule has 3 heterocycles. The predicted octanol–water partition coefficient (Wildman–Crippen LogP) is 2.57. The Morgan fingerprint density at radius 2 is 1.79 bits per heavy atom. The number of carbonyl (C=O) groups is 2. The van der Waals surface area contributed by atoms with Gasteiger partial charge in [-0.3, -0.25) is 4.79 Å². The predicted molar refractivity (Wildman–Crippen MR) is 125 cm³/mol. The maximum absolute atomic E-state index is 12.8. The number of hydrogen-bond acceptors (Lipinski definition) is 6. The van der Waals surface area contributed by atoms with E-state index in [-0.39, 0.29) is 43.1 Å². The van der Waals surface area contributed by atoms with Gasteiger partial charge in [0.1, 0.15) is 18.0 Å². The zero-order chi connectivity index (χ0) is 23.5. The Morgan fingerprint density at radius 3 is 2.56 bits per heavy atom. The molecule has 3 aliphatic rings. The number of urea groups is 1. The molecule has 0 bridgehead atoms. The van der Waals surface area contributed by atoms with E-state index in [1.807, 2.05) is 42.5 Å². The van der Waals surface area contributed by atoms with Gasteiger partial charge in [0.25, 0.3) is 0 Å². The first-order valence-electron chi connectivity index (χ1n) is 11.7. The Morgan fingerprint density at radius 1 is 1.03 bits per heavy atom. The van der Waals surface area contributed by atoms with E-state index >= 15 is 0 Å². The molecule has 9 heteroatoms. The molecule has 3 aliphatic heterocycles. The van der Waals surface area contributed by atoms with Crippen molar-refractivity contribution in [2.24, 2.45) is 0 Å². The molecule has 0 aliphatic carbocycles.